The van der Waals surface area contributed by atoms with Crippen LogP contribution < -0.4 is 5.73 Å². The summed E-state index contributed by atoms with van der Waals surface area (Å²) in [6.07, 6.45) is 4.38. The number of aromatic nitrogens is 2. The second kappa shape index (κ2) is 4.31. The topological polar surface area (TPSA) is 67.8 Å². The summed E-state index contributed by atoms with van der Waals surface area (Å²) in [4.78, 5) is 7.50. The van der Waals surface area contributed by atoms with Gasteiger partial charge in [0.1, 0.15) is 5.76 Å². The molecule has 92 valence electrons. The highest BCUT2D eigenvalue weighted by atomic mass is 16.4. The number of hydrogen-bond acceptors (Lipinski definition) is 3. The monoisotopic (exact) mass is 241 g/mol. The van der Waals surface area contributed by atoms with Gasteiger partial charge in [0, 0.05) is 17.1 Å². The van der Waals surface area contributed by atoms with E-state index in [0.717, 1.165) is 11.3 Å². The lowest BCUT2D eigenvalue weighted by molar-refractivity contribution is 0.442. The van der Waals surface area contributed by atoms with Gasteiger partial charge in [-0.3, -0.25) is 0 Å². The Morgan fingerprint density at radius 3 is 3.00 bits per heavy atom. The summed E-state index contributed by atoms with van der Waals surface area (Å²) in [5.41, 5.74) is 8.07. The molecule has 1 aromatic carbocycles. The SMILES string of the molecule is CC(N)c1cnc(Cc2c[nH]c3ccccc23)o1. The fourth-order valence-corrected chi connectivity index (χ4v) is 2.06. The highest BCUT2D eigenvalue weighted by Gasteiger charge is 2.10. The highest BCUT2D eigenvalue weighted by Crippen LogP contribution is 2.21. The van der Waals surface area contributed by atoms with Crippen LogP contribution in [0.25, 0.3) is 10.9 Å². The molecule has 0 aliphatic heterocycles. The lowest BCUT2D eigenvalue weighted by Crippen LogP contribution is -2.02. The number of para-hydroxylation sites is 1. The molecule has 4 heteroatoms. The van der Waals surface area contributed by atoms with Crippen molar-refractivity contribution in [2.24, 2.45) is 5.73 Å². The Hall–Kier alpha value is -2.07. The molecule has 18 heavy (non-hydrogen) atoms. The second-order valence-electron chi connectivity index (χ2n) is 4.48. The van der Waals surface area contributed by atoms with E-state index >= 15 is 0 Å². The number of nitrogens with one attached hydrogen (secondary N) is 1. The molecule has 0 saturated carbocycles. The van der Waals surface area contributed by atoms with Gasteiger partial charge in [0.05, 0.1) is 18.7 Å². The summed E-state index contributed by atoms with van der Waals surface area (Å²) in [6, 6.07) is 8.08. The van der Waals surface area contributed by atoms with E-state index in [0.29, 0.717) is 12.3 Å². The van der Waals surface area contributed by atoms with Gasteiger partial charge < -0.3 is 15.1 Å². The molecular formula is C14H15N3O. The molecule has 0 saturated heterocycles. The summed E-state index contributed by atoms with van der Waals surface area (Å²) < 4.78 is 5.62. The summed E-state index contributed by atoms with van der Waals surface area (Å²) in [6.45, 7) is 1.88. The number of H-pyrrole nitrogens is 1. The van der Waals surface area contributed by atoms with Crippen molar-refractivity contribution in [2.45, 2.75) is 19.4 Å². The van der Waals surface area contributed by atoms with E-state index in [1.807, 2.05) is 25.3 Å². The van der Waals surface area contributed by atoms with Gasteiger partial charge in [-0.15, -0.1) is 0 Å². The minimum atomic E-state index is -0.116. The third-order valence-electron chi connectivity index (χ3n) is 3.04. The summed E-state index contributed by atoms with van der Waals surface area (Å²) in [7, 11) is 0. The highest BCUT2D eigenvalue weighted by molar-refractivity contribution is 5.83. The molecule has 3 rings (SSSR count). The normalized spacial score (nSPS) is 13.0. The zero-order chi connectivity index (χ0) is 12.5. The molecule has 2 aromatic heterocycles. The van der Waals surface area contributed by atoms with Crippen LogP contribution in [-0.2, 0) is 6.42 Å². The quantitative estimate of drug-likeness (QED) is 0.740. The standard InChI is InChI=1S/C14H15N3O/c1-9(15)13-8-17-14(18-13)6-10-7-16-12-5-3-2-4-11(10)12/h2-5,7-9,16H,6,15H2,1H3. The van der Waals surface area contributed by atoms with Crippen LogP contribution in [0.3, 0.4) is 0 Å². The van der Waals surface area contributed by atoms with E-state index < -0.39 is 0 Å². The van der Waals surface area contributed by atoms with Crippen molar-refractivity contribution < 1.29 is 4.42 Å². The number of rotatable bonds is 3. The predicted octanol–water partition coefficient (Wildman–Crippen LogP) is 2.77. The Morgan fingerprint density at radius 2 is 2.22 bits per heavy atom. The van der Waals surface area contributed by atoms with Gasteiger partial charge in [-0.05, 0) is 18.6 Å². The molecule has 0 bridgehead atoms. The maximum Gasteiger partial charge on any atom is 0.198 e. The first kappa shape index (κ1) is 11.0. The molecule has 0 radical (unpaired) electrons. The van der Waals surface area contributed by atoms with Gasteiger partial charge in [0.25, 0.3) is 0 Å². The molecule has 0 spiro atoms. The molecule has 0 aliphatic rings. The van der Waals surface area contributed by atoms with E-state index in [2.05, 4.69) is 22.1 Å². The summed E-state index contributed by atoms with van der Waals surface area (Å²) in [5.74, 6) is 1.43. The first-order valence-corrected chi connectivity index (χ1v) is 5.99. The first-order valence-electron chi connectivity index (χ1n) is 5.99. The average molecular weight is 241 g/mol. The Kier molecular flexibility index (Phi) is 2.64. The molecule has 0 aliphatic carbocycles. The number of hydrogen-bond donors (Lipinski definition) is 2. The van der Waals surface area contributed by atoms with E-state index in [4.69, 9.17) is 10.2 Å². The zero-order valence-corrected chi connectivity index (χ0v) is 10.2. The van der Waals surface area contributed by atoms with Crippen LogP contribution in [0.5, 0.6) is 0 Å². The molecule has 0 fully saturated rings. The Bertz CT molecular complexity index is 666. The maximum absolute atomic E-state index is 5.75. The van der Waals surface area contributed by atoms with Crippen LogP contribution in [0.15, 0.2) is 41.1 Å². The third-order valence-corrected chi connectivity index (χ3v) is 3.04. The van der Waals surface area contributed by atoms with Crippen LogP contribution in [0.4, 0.5) is 0 Å². The van der Waals surface area contributed by atoms with Gasteiger partial charge in [-0.2, -0.15) is 0 Å². The lowest BCUT2D eigenvalue weighted by Gasteiger charge is -1.98. The molecule has 1 unspecified atom stereocenters. The largest absolute Gasteiger partial charge is 0.444 e. The lowest BCUT2D eigenvalue weighted by atomic mass is 10.1. The number of benzene rings is 1. The molecule has 0 amide bonds. The Balaban J connectivity index is 1.91. The van der Waals surface area contributed by atoms with Crippen LogP contribution in [-0.4, -0.2) is 9.97 Å². The van der Waals surface area contributed by atoms with Gasteiger partial charge in [-0.1, -0.05) is 18.2 Å². The van der Waals surface area contributed by atoms with Crippen molar-refractivity contribution in [3.8, 4) is 0 Å². The molecule has 2 heterocycles. The molecule has 3 N–H and O–H groups in total. The number of nitrogens with zero attached hydrogens (tertiary/aromatic N) is 1. The Labute approximate surface area is 105 Å². The van der Waals surface area contributed by atoms with E-state index in [-0.39, 0.29) is 6.04 Å². The van der Waals surface area contributed by atoms with Gasteiger partial charge >= 0.3 is 0 Å². The minimum absolute atomic E-state index is 0.116. The fourth-order valence-electron chi connectivity index (χ4n) is 2.06. The third kappa shape index (κ3) is 1.91. The van der Waals surface area contributed by atoms with E-state index in [1.165, 1.54) is 10.9 Å². The van der Waals surface area contributed by atoms with Crippen molar-refractivity contribution in [1.29, 1.82) is 0 Å². The van der Waals surface area contributed by atoms with E-state index in [1.54, 1.807) is 6.20 Å². The van der Waals surface area contributed by atoms with Crippen LogP contribution in [0.1, 0.15) is 30.2 Å². The zero-order valence-electron chi connectivity index (χ0n) is 10.2. The van der Waals surface area contributed by atoms with Crippen molar-refractivity contribution in [3.63, 3.8) is 0 Å². The average Bonchev–Trinajstić information content (AvgIpc) is 2.98. The van der Waals surface area contributed by atoms with Crippen molar-refractivity contribution in [3.05, 3.63) is 53.9 Å². The van der Waals surface area contributed by atoms with Crippen molar-refractivity contribution >= 4 is 10.9 Å². The number of fused-ring (bicyclic) bond motifs is 1. The van der Waals surface area contributed by atoms with Crippen LogP contribution in [0.2, 0.25) is 0 Å². The fraction of sp³-hybridized carbons (Fsp3) is 0.214. The van der Waals surface area contributed by atoms with Crippen LogP contribution in [0, 0.1) is 0 Å². The molecule has 4 nitrogen and oxygen atoms in total. The number of aromatic amines is 1. The first-order chi connectivity index (χ1) is 8.74. The van der Waals surface area contributed by atoms with Gasteiger partial charge in [0.15, 0.2) is 5.89 Å². The Morgan fingerprint density at radius 1 is 1.39 bits per heavy atom. The summed E-state index contributed by atoms with van der Waals surface area (Å²) >= 11 is 0. The second-order valence-corrected chi connectivity index (χ2v) is 4.48. The molecule has 1 atom stereocenters. The van der Waals surface area contributed by atoms with Gasteiger partial charge in [0.2, 0.25) is 0 Å². The van der Waals surface area contributed by atoms with Gasteiger partial charge in [-0.25, -0.2) is 4.98 Å². The number of oxazole rings is 1. The van der Waals surface area contributed by atoms with Crippen LogP contribution >= 0.6 is 0 Å². The van der Waals surface area contributed by atoms with E-state index in [9.17, 15) is 0 Å². The molecule has 3 aromatic rings. The minimum Gasteiger partial charge on any atom is -0.444 e. The predicted molar refractivity (Wildman–Crippen MR) is 70.2 cm³/mol. The maximum atomic E-state index is 5.75. The molecular weight excluding hydrogens is 226 g/mol. The number of nitrogens with two attached hydrogens (primary N) is 1. The summed E-state index contributed by atoms with van der Waals surface area (Å²) in [5, 5.41) is 1.21. The smallest absolute Gasteiger partial charge is 0.198 e. The van der Waals surface area contributed by atoms with Crippen molar-refractivity contribution in [2.75, 3.05) is 0 Å². The van der Waals surface area contributed by atoms with Crippen molar-refractivity contribution in [1.82, 2.24) is 9.97 Å².